The Bertz CT molecular complexity index is 613. The van der Waals surface area contributed by atoms with Gasteiger partial charge in [-0.1, -0.05) is 12.1 Å². The zero-order valence-electron chi connectivity index (χ0n) is 13.7. The molecule has 0 radical (unpaired) electrons. The number of nitrogens with one attached hydrogen (secondary N) is 1. The van der Waals surface area contributed by atoms with Gasteiger partial charge in [-0.15, -0.1) is 0 Å². The lowest BCUT2D eigenvalue weighted by Crippen LogP contribution is -2.42. The summed E-state index contributed by atoms with van der Waals surface area (Å²) in [6.45, 7) is 2.76. The number of rotatable bonds is 7. The van der Waals surface area contributed by atoms with Gasteiger partial charge in [0.15, 0.2) is 0 Å². The van der Waals surface area contributed by atoms with Crippen LogP contribution < -0.4 is 10.1 Å². The third-order valence-electron chi connectivity index (χ3n) is 2.81. The van der Waals surface area contributed by atoms with E-state index in [1.807, 2.05) is 0 Å². The second kappa shape index (κ2) is 9.71. The molecule has 8 heteroatoms. The Labute approximate surface area is 144 Å². The van der Waals surface area contributed by atoms with Crippen molar-refractivity contribution in [1.29, 1.82) is 0 Å². The largest absolute Gasteiger partial charge is 0.467 e. The quantitative estimate of drug-likeness (QED) is 0.745. The first-order valence-electron chi connectivity index (χ1n) is 7.09. The van der Waals surface area contributed by atoms with Crippen molar-refractivity contribution in [2.45, 2.75) is 26.3 Å². The molecule has 24 heavy (non-hydrogen) atoms. The van der Waals surface area contributed by atoms with E-state index in [-0.39, 0.29) is 11.5 Å². The first kappa shape index (κ1) is 19.7. The Balaban J connectivity index is 2.53. The third kappa shape index (κ3) is 7.28. The number of carbonyl (C=O) groups is 4. The van der Waals surface area contributed by atoms with E-state index in [0.29, 0.717) is 12.2 Å². The summed E-state index contributed by atoms with van der Waals surface area (Å²) in [5.74, 6) is -0.677. The van der Waals surface area contributed by atoms with E-state index in [2.05, 4.69) is 10.1 Å². The Morgan fingerprint density at radius 3 is 2.25 bits per heavy atom. The summed E-state index contributed by atoms with van der Waals surface area (Å²) in [6.07, 6.45) is 0.320. The van der Waals surface area contributed by atoms with Crippen molar-refractivity contribution in [3.05, 3.63) is 29.8 Å². The SMILES string of the molecule is COC(=O)[C@@H](CSC(=O)Oc1ccc(CC(C)=O)cc1)NC(C)=O. The number of ketones is 1. The normalized spacial score (nSPS) is 11.3. The van der Waals surface area contributed by atoms with Crippen LogP contribution in [-0.2, 0) is 25.5 Å². The topological polar surface area (TPSA) is 98.8 Å². The van der Waals surface area contributed by atoms with E-state index >= 15 is 0 Å². The van der Waals surface area contributed by atoms with Crippen LogP contribution in [0.5, 0.6) is 5.75 Å². The van der Waals surface area contributed by atoms with Gasteiger partial charge in [-0.25, -0.2) is 9.59 Å². The molecule has 0 aliphatic heterocycles. The van der Waals surface area contributed by atoms with Gasteiger partial charge in [0.1, 0.15) is 17.6 Å². The molecule has 0 unspecified atom stereocenters. The van der Waals surface area contributed by atoms with Crippen LogP contribution >= 0.6 is 11.8 Å². The lowest BCUT2D eigenvalue weighted by atomic mass is 10.1. The molecule has 1 amide bonds. The van der Waals surface area contributed by atoms with Crippen molar-refractivity contribution in [3.63, 3.8) is 0 Å². The van der Waals surface area contributed by atoms with Crippen LogP contribution in [-0.4, -0.2) is 41.9 Å². The summed E-state index contributed by atoms with van der Waals surface area (Å²) in [5, 5.41) is 1.78. The number of carbonyl (C=O) groups excluding carboxylic acids is 4. The predicted octanol–water partition coefficient (Wildman–Crippen LogP) is 1.73. The molecule has 1 aromatic rings. The summed E-state index contributed by atoms with van der Waals surface area (Å²) in [5.41, 5.74) is 0.825. The van der Waals surface area contributed by atoms with Gasteiger partial charge in [-0.3, -0.25) is 9.59 Å². The number of hydrogen-bond acceptors (Lipinski definition) is 7. The maximum atomic E-state index is 11.8. The van der Waals surface area contributed by atoms with Crippen LogP contribution in [0, 0.1) is 0 Å². The fraction of sp³-hybridized carbons (Fsp3) is 0.375. The molecular weight excluding hydrogens is 334 g/mol. The zero-order valence-corrected chi connectivity index (χ0v) is 14.5. The molecule has 0 heterocycles. The third-order valence-corrected chi connectivity index (χ3v) is 3.63. The van der Waals surface area contributed by atoms with E-state index in [1.165, 1.54) is 21.0 Å². The molecule has 0 bridgehead atoms. The van der Waals surface area contributed by atoms with Gasteiger partial charge < -0.3 is 14.8 Å². The van der Waals surface area contributed by atoms with E-state index < -0.39 is 23.2 Å². The number of benzene rings is 1. The maximum Gasteiger partial charge on any atom is 0.372 e. The van der Waals surface area contributed by atoms with Crippen molar-refractivity contribution in [2.24, 2.45) is 0 Å². The van der Waals surface area contributed by atoms with E-state index in [1.54, 1.807) is 24.3 Å². The summed E-state index contributed by atoms with van der Waals surface area (Å²) in [4.78, 5) is 45.4. The fourth-order valence-electron chi connectivity index (χ4n) is 1.80. The van der Waals surface area contributed by atoms with Crippen molar-refractivity contribution in [3.8, 4) is 5.75 Å². The van der Waals surface area contributed by atoms with Gasteiger partial charge in [0.25, 0.3) is 0 Å². The van der Waals surface area contributed by atoms with Gasteiger partial charge >= 0.3 is 11.3 Å². The molecule has 0 saturated carbocycles. The summed E-state index contributed by atoms with van der Waals surface area (Å²) in [6, 6.07) is 5.64. The second-order valence-electron chi connectivity index (χ2n) is 4.96. The molecule has 7 nitrogen and oxygen atoms in total. The van der Waals surface area contributed by atoms with E-state index in [0.717, 1.165) is 17.3 Å². The average Bonchev–Trinajstić information content (AvgIpc) is 2.51. The van der Waals surface area contributed by atoms with Crippen molar-refractivity contribution >= 4 is 34.7 Å². The van der Waals surface area contributed by atoms with Crippen LogP contribution in [0.4, 0.5) is 4.79 Å². The molecule has 1 atom stereocenters. The Morgan fingerprint density at radius 1 is 1.12 bits per heavy atom. The fourth-order valence-corrected chi connectivity index (χ4v) is 2.47. The summed E-state index contributed by atoms with van der Waals surface area (Å²) < 4.78 is 9.68. The van der Waals surface area contributed by atoms with Crippen LogP contribution in [0.1, 0.15) is 19.4 Å². The first-order chi connectivity index (χ1) is 11.3. The molecule has 0 fully saturated rings. The number of hydrogen-bond donors (Lipinski definition) is 1. The molecule has 1 rings (SSSR count). The molecule has 0 saturated heterocycles. The minimum absolute atomic E-state index is 0.00644. The van der Waals surface area contributed by atoms with Crippen LogP contribution in [0.3, 0.4) is 0 Å². The smallest absolute Gasteiger partial charge is 0.372 e. The van der Waals surface area contributed by atoms with Gasteiger partial charge in [0, 0.05) is 19.1 Å². The van der Waals surface area contributed by atoms with Crippen LogP contribution in [0.25, 0.3) is 0 Å². The number of amides is 1. The van der Waals surface area contributed by atoms with Crippen molar-refractivity contribution in [2.75, 3.05) is 12.9 Å². The van der Waals surface area contributed by atoms with Crippen molar-refractivity contribution in [1.82, 2.24) is 5.32 Å². The van der Waals surface area contributed by atoms with Gasteiger partial charge in [-0.05, 0) is 36.4 Å². The standard InChI is InChI=1S/C16H19NO6S/c1-10(18)8-12-4-6-13(7-5-12)23-16(21)24-9-14(15(20)22-3)17-11(2)19/h4-7,14H,8-9H2,1-3H3,(H,17,19)/t14-/m1/s1. The highest BCUT2D eigenvalue weighted by atomic mass is 32.2. The van der Waals surface area contributed by atoms with Crippen molar-refractivity contribution < 1.29 is 28.7 Å². The number of thioether (sulfide) groups is 1. The Hall–Kier alpha value is -2.35. The summed E-state index contributed by atoms with van der Waals surface area (Å²) >= 11 is 0.749. The molecule has 0 aromatic heterocycles. The molecule has 1 N–H and O–H groups in total. The highest BCUT2D eigenvalue weighted by molar-refractivity contribution is 8.13. The average molecular weight is 353 g/mol. The zero-order chi connectivity index (χ0) is 18.1. The number of Topliss-reactive ketones (excluding diaryl/α,β-unsaturated/α-hetero) is 1. The van der Waals surface area contributed by atoms with E-state index in [9.17, 15) is 19.2 Å². The molecule has 0 aliphatic carbocycles. The molecule has 130 valence electrons. The van der Waals surface area contributed by atoms with Crippen LogP contribution in [0.15, 0.2) is 24.3 Å². The lowest BCUT2D eigenvalue weighted by molar-refractivity contribution is -0.144. The predicted molar refractivity (Wildman–Crippen MR) is 88.9 cm³/mol. The van der Waals surface area contributed by atoms with Gasteiger partial charge in [0.2, 0.25) is 5.91 Å². The maximum absolute atomic E-state index is 11.8. The monoisotopic (exact) mass is 353 g/mol. The van der Waals surface area contributed by atoms with Gasteiger partial charge in [0.05, 0.1) is 7.11 Å². The first-order valence-corrected chi connectivity index (χ1v) is 8.08. The highest BCUT2D eigenvalue weighted by Gasteiger charge is 2.22. The second-order valence-corrected chi connectivity index (χ2v) is 5.92. The molecule has 0 spiro atoms. The minimum atomic E-state index is -0.928. The number of esters is 1. The Kier molecular flexibility index (Phi) is 7.97. The highest BCUT2D eigenvalue weighted by Crippen LogP contribution is 2.17. The molecule has 1 aromatic carbocycles. The number of ether oxygens (including phenoxy) is 2. The summed E-state index contributed by atoms with van der Waals surface area (Å²) in [7, 11) is 1.20. The van der Waals surface area contributed by atoms with E-state index in [4.69, 9.17) is 4.74 Å². The lowest BCUT2D eigenvalue weighted by Gasteiger charge is -2.14. The van der Waals surface area contributed by atoms with Gasteiger partial charge in [-0.2, -0.15) is 0 Å². The molecular formula is C16H19NO6S. The number of methoxy groups -OCH3 is 1. The van der Waals surface area contributed by atoms with Crippen LogP contribution in [0.2, 0.25) is 0 Å². The molecule has 0 aliphatic rings. The Morgan fingerprint density at radius 2 is 1.75 bits per heavy atom. The minimum Gasteiger partial charge on any atom is -0.467 e.